The van der Waals surface area contributed by atoms with Crippen molar-refractivity contribution in [1.29, 1.82) is 0 Å². The molecule has 5 nitrogen and oxygen atoms in total. The summed E-state index contributed by atoms with van der Waals surface area (Å²) < 4.78 is 13.2. The number of aryl methyl sites for hydroxylation is 1. The molecule has 2 aromatic carbocycles. The molecule has 0 heterocycles. The molecular weight excluding hydrogens is 380 g/mol. The van der Waals surface area contributed by atoms with Crippen LogP contribution >= 0.6 is 23.2 Å². The molecule has 0 amide bonds. The molecule has 0 aliphatic carbocycles. The molecule has 0 bridgehead atoms. The molecule has 138 valence electrons. The largest absolute Gasteiger partial charge is 0.369 e. The van der Waals surface area contributed by atoms with Crippen LogP contribution in [-0.2, 0) is 0 Å². The number of hydrogen-bond acceptors (Lipinski definition) is 4. The fraction of sp³-hybridized carbons (Fsp3) is 0.278. The fourth-order valence-corrected chi connectivity index (χ4v) is 2.87. The highest BCUT2D eigenvalue weighted by atomic mass is 35.5. The van der Waals surface area contributed by atoms with E-state index in [4.69, 9.17) is 23.2 Å². The van der Waals surface area contributed by atoms with Gasteiger partial charge in [-0.05, 0) is 42.3 Å². The van der Waals surface area contributed by atoms with Crippen molar-refractivity contribution >= 4 is 46.5 Å². The molecule has 0 aliphatic rings. The lowest BCUT2D eigenvalue weighted by Gasteiger charge is -2.23. The van der Waals surface area contributed by atoms with Crippen LogP contribution in [0.4, 0.5) is 21.5 Å². The van der Waals surface area contributed by atoms with Crippen molar-refractivity contribution in [2.45, 2.75) is 6.92 Å². The van der Waals surface area contributed by atoms with Gasteiger partial charge in [-0.25, -0.2) is 9.38 Å². The number of nitro benzene ring substituents is 1. The number of halogens is 3. The maximum absolute atomic E-state index is 13.2. The SMILES string of the molecule is Cc1cc(N(CCCl)CCCl)ccc1C=Nc1ccc(F)cc1[N+](=O)[O-]. The Morgan fingerprint density at radius 2 is 1.88 bits per heavy atom. The molecule has 0 N–H and O–H groups in total. The van der Waals surface area contributed by atoms with Crippen LogP contribution in [0.2, 0.25) is 0 Å². The van der Waals surface area contributed by atoms with Gasteiger partial charge in [-0.15, -0.1) is 23.2 Å². The molecule has 0 aromatic heterocycles. The summed E-state index contributed by atoms with van der Waals surface area (Å²) in [7, 11) is 0. The Balaban J connectivity index is 2.28. The minimum Gasteiger partial charge on any atom is -0.369 e. The van der Waals surface area contributed by atoms with E-state index in [1.807, 2.05) is 25.1 Å². The van der Waals surface area contributed by atoms with Gasteiger partial charge in [0, 0.05) is 36.8 Å². The third kappa shape index (κ3) is 5.16. The first-order valence-electron chi connectivity index (χ1n) is 7.91. The number of aliphatic imine (C=N–C) groups is 1. The van der Waals surface area contributed by atoms with E-state index < -0.39 is 10.7 Å². The first kappa shape index (κ1) is 20.1. The zero-order valence-electron chi connectivity index (χ0n) is 14.2. The molecule has 0 spiro atoms. The van der Waals surface area contributed by atoms with Crippen LogP contribution in [-0.4, -0.2) is 36.0 Å². The summed E-state index contributed by atoms with van der Waals surface area (Å²) in [6.07, 6.45) is 1.53. The first-order chi connectivity index (χ1) is 12.5. The fourth-order valence-electron chi connectivity index (χ4n) is 2.47. The minimum atomic E-state index is -0.671. The molecule has 0 atom stereocenters. The Hall–Kier alpha value is -2.18. The van der Waals surface area contributed by atoms with Gasteiger partial charge < -0.3 is 4.90 Å². The van der Waals surface area contributed by atoms with Gasteiger partial charge >= 0.3 is 0 Å². The van der Waals surface area contributed by atoms with Crippen LogP contribution in [0.15, 0.2) is 41.4 Å². The predicted octanol–water partition coefficient (Wildman–Crippen LogP) is 5.08. The van der Waals surface area contributed by atoms with E-state index in [1.54, 1.807) is 0 Å². The molecular formula is C18H18Cl2FN3O2. The molecule has 2 aromatic rings. The Kier molecular flexibility index (Phi) is 7.36. The highest BCUT2D eigenvalue weighted by Crippen LogP contribution is 2.28. The minimum absolute atomic E-state index is 0.103. The van der Waals surface area contributed by atoms with E-state index in [1.165, 1.54) is 12.3 Å². The van der Waals surface area contributed by atoms with Gasteiger partial charge in [-0.1, -0.05) is 6.07 Å². The van der Waals surface area contributed by atoms with Crippen LogP contribution in [0.3, 0.4) is 0 Å². The average Bonchev–Trinajstić information content (AvgIpc) is 2.61. The van der Waals surface area contributed by atoms with Crippen LogP contribution in [0.5, 0.6) is 0 Å². The molecule has 26 heavy (non-hydrogen) atoms. The summed E-state index contributed by atoms with van der Waals surface area (Å²) in [5, 5.41) is 11.0. The van der Waals surface area contributed by atoms with E-state index in [2.05, 4.69) is 9.89 Å². The van der Waals surface area contributed by atoms with E-state index in [9.17, 15) is 14.5 Å². The number of nitro groups is 1. The Morgan fingerprint density at radius 3 is 2.46 bits per heavy atom. The third-order valence-electron chi connectivity index (χ3n) is 3.80. The smallest absolute Gasteiger partial charge is 0.297 e. The average molecular weight is 398 g/mol. The van der Waals surface area contributed by atoms with E-state index in [-0.39, 0.29) is 11.4 Å². The Morgan fingerprint density at radius 1 is 1.19 bits per heavy atom. The van der Waals surface area contributed by atoms with Crippen molar-refractivity contribution in [3.63, 3.8) is 0 Å². The maximum Gasteiger partial charge on any atom is 0.297 e. The predicted molar refractivity (Wildman–Crippen MR) is 105 cm³/mol. The van der Waals surface area contributed by atoms with Gasteiger partial charge in [-0.3, -0.25) is 10.1 Å². The van der Waals surface area contributed by atoms with Gasteiger partial charge in [0.2, 0.25) is 0 Å². The molecule has 0 radical (unpaired) electrons. The number of anilines is 1. The summed E-state index contributed by atoms with van der Waals surface area (Å²) in [6, 6.07) is 9.08. The van der Waals surface area contributed by atoms with Crippen molar-refractivity contribution in [3.05, 3.63) is 63.5 Å². The highest BCUT2D eigenvalue weighted by molar-refractivity contribution is 6.18. The van der Waals surface area contributed by atoms with E-state index >= 15 is 0 Å². The molecule has 0 saturated heterocycles. The standard InChI is InChI=1S/C18H18Cl2FN3O2/c1-13-10-16(23(8-6-19)9-7-20)4-2-14(13)12-22-17-5-3-15(21)11-18(17)24(25)26/h2-5,10-12H,6-9H2,1H3. The number of benzene rings is 2. The Bertz CT molecular complexity index is 809. The molecule has 0 saturated carbocycles. The van der Waals surface area contributed by atoms with Crippen molar-refractivity contribution in [3.8, 4) is 0 Å². The normalized spacial score (nSPS) is 11.1. The van der Waals surface area contributed by atoms with Crippen LogP contribution < -0.4 is 4.90 Å². The van der Waals surface area contributed by atoms with Crippen LogP contribution in [0.1, 0.15) is 11.1 Å². The molecule has 2 rings (SSSR count). The number of rotatable bonds is 8. The quantitative estimate of drug-likeness (QED) is 0.270. The first-order valence-corrected chi connectivity index (χ1v) is 8.98. The molecule has 8 heteroatoms. The van der Waals surface area contributed by atoms with Crippen molar-refractivity contribution in [2.75, 3.05) is 29.7 Å². The zero-order chi connectivity index (χ0) is 19.1. The second-order valence-electron chi connectivity index (χ2n) is 5.55. The lowest BCUT2D eigenvalue weighted by Crippen LogP contribution is -2.27. The van der Waals surface area contributed by atoms with Gasteiger partial charge in [0.1, 0.15) is 11.5 Å². The number of hydrogen-bond donors (Lipinski definition) is 0. The molecule has 0 unspecified atom stereocenters. The summed E-state index contributed by atoms with van der Waals surface area (Å²) in [4.78, 5) is 16.6. The third-order valence-corrected chi connectivity index (χ3v) is 4.14. The van der Waals surface area contributed by atoms with E-state index in [0.29, 0.717) is 24.8 Å². The van der Waals surface area contributed by atoms with Gasteiger partial charge in [0.25, 0.3) is 5.69 Å². The second kappa shape index (κ2) is 9.50. The molecule has 0 aliphatic heterocycles. The van der Waals surface area contributed by atoms with Gasteiger partial charge in [-0.2, -0.15) is 0 Å². The summed E-state index contributed by atoms with van der Waals surface area (Å²) in [5.41, 5.74) is 2.49. The summed E-state index contributed by atoms with van der Waals surface area (Å²) >= 11 is 11.7. The highest BCUT2D eigenvalue weighted by Gasteiger charge is 2.14. The van der Waals surface area contributed by atoms with Gasteiger partial charge in [0.15, 0.2) is 0 Å². The van der Waals surface area contributed by atoms with E-state index in [0.717, 1.165) is 28.9 Å². The molecule has 0 fully saturated rings. The van der Waals surface area contributed by atoms with Gasteiger partial charge in [0.05, 0.1) is 11.0 Å². The number of alkyl halides is 2. The topological polar surface area (TPSA) is 58.7 Å². The monoisotopic (exact) mass is 397 g/mol. The lowest BCUT2D eigenvalue weighted by atomic mass is 10.1. The lowest BCUT2D eigenvalue weighted by molar-refractivity contribution is -0.384. The van der Waals surface area contributed by atoms with Crippen molar-refractivity contribution in [2.24, 2.45) is 4.99 Å². The maximum atomic E-state index is 13.2. The van der Waals surface area contributed by atoms with Crippen LogP contribution in [0.25, 0.3) is 0 Å². The second-order valence-corrected chi connectivity index (χ2v) is 6.31. The summed E-state index contributed by atoms with van der Waals surface area (Å²) in [5.74, 6) is 0.315. The van der Waals surface area contributed by atoms with Crippen LogP contribution in [0, 0.1) is 22.9 Å². The van der Waals surface area contributed by atoms with Crippen molar-refractivity contribution < 1.29 is 9.31 Å². The summed E-state index contributed by atoms with van der Waals surface area (Å²) in [6.45, 7) is 3.29. The number of nitrogens with zero attached hydrogens (tertiary/aromatic N) is 3. The van der Waals surface area contributed by atoms with Crippen molar-refractivity contribution in [1.82, 2.24) is 0 Å². The zero-order valence-corrected chi connectivity index (χ0v) is 15.7. The Labute approximate surface area is 161 Å².